The van der Waals surface area contributed by atoms with Crippen LogP contribution in [-0.2, 0) is 11.2 Å². The quantitative estimate of drug-likeness (QED) is 0.379. The zero-order valence-electron chi connectivity index (χ0n) is 19.4. The third-order valence-electron chi connectivity index (χ3n) is 5.88. The van der Waals surface area contributed by atoms with E-state index in [-0.39, 0.29) is 5.91 Å². The van der Waals surface area contributed by atoms with Gasteiger partial charge in [-0.05, 0) is 98.5 Å². The van der Waals surface area contributed by atoms with Gasteiger partial charge >= 0.3 is 0 Å². The molecule has 1 saturated heterocycles. The molecule has 3 aromatic rings. The molecule has 0 aliphatic carbocycles. The van der Waals surface area contributed by atoms with Crippen LogP contribution >= 0.6 is 23.4 Å². The van der Waals surface area contributed by atoms with Crippen LogP contribution in [0.2, 0.25) is 5.02 Å². The number of halogens is 1. The lowest BCUT2D eigenvalue weighted by molar-refractivity contribution is -0.115. The van der Waals surface area contributed by atoms with E-state index in [2.05, 4.69) is 66.0 Å². The van der Waals surface area contributed by atoms with Crippen molar-refractivity contribution in [2.45, 2.75) is 47.0 Å². The Morgan fingerprint density at radius 2 is 1.88 bits per heavy atom. The van der Waals surface area contributed by atoms with Crippen LogP contribution in [0.15, 0.2) is 58.4 Å². The summed E-state index contributed by atoms with van der Waals surface area (Å²) in [5.74, 6) is -0.136. The van der Waals surface area contributed by atoms with Gasteiger partial charge in [-0.25, -0.2) is 4.99 Å². The molecule has 0 saturated carbocycles. The zero-order valence-corrected chi connectivity index (χ0v) is 21.0. The predicted octanol–water partition coefficient (Wildman–Crippen LogP) is 7.29. The molecule has 2 heterocycles. The topological polar surface area (TPSA) is 46.4 Å². The van der Waals surface area contributed by atoms with Gasteiger partial charge in [0.1, 0.15) is 0 Å². The number of unbranched alkanes of at least 4 members (excludes halogenated alkanes) is 1. The van der Waals surface area contributed by atoms with Gasteiger partial charge in [0.2, 0.25) is 0 Å². The number of carbonyl (C=O) groups is 1. The van der Waals surface area contributed by atoms with Crippen LogP contribution in [0.1, 0.15) is 47.8 Å². The summed E-state index contributed by atoms with van der Waals surface area (Å²) in [6.07, 6.45) is 5.47. The van der Waals surface area contributed by atoms with Gasteiger partial charge < -0.3 is 9.88 Å². The molecule has 1 N–H and O–H groups in total. The van der Waals surface area contributed by atoms with Gasteiger partial charge in [-0.2, -0.15) is 0 Å². The van der Waals surface area contributed by atoms with Crippen LogP contribution in [0.3, 0.4) is 0 Å². The fourth-order valence-corrected chi connectivity index (χ4v) is 4.97. The number of nitrogens with one attached hydrogen (secondary N) is 1. The molecule has 4 nitrogen and oxygen atoms in total. The molecule has 1 aromatic heterocycles. The van der Waals surface area contributed by atoms with Crippen LogP contribution in [0.25, 0.3) is 11.8 Å². The first kappa shape index (κ1) is 23.4. The van der Waals surface area contributed by atoms with Crippen molar-refractivity contribution in [1.82, 2.24) is 9.88 Å². The van der Waals surface area contributed by atoms with Gasteiger partial charge in [-0.15, -0.1) is 0 Å². The SMILES string of the molecule is CCCCc1ccc(-n2c(C)cc(/C=C3/SC(=Nc4cccc(Cl)c4C)NC3=O)c2C)cc1. The van der Waals surface area contributed by atoms with Crippen molar-refractivity contribution in [3.05, 3.63) is 86.5 Å². The number of thioether (sulfide) groups is 1. The lowest BCUT2D eigenvalue weighted by atomic mass is 10.1. The van der Waals surface area contributed by atoms with E-state index in [4.69, 9.17) is 11.6 Å². The van der Waals surface area contributed by atoms with Gasteiger partial charge in [0.25, 0.3) is 5.91 Å². The molecule has 1 aliphatic heterocycles. The summed E-state index contributed by atoms with van der Waals surface area (Å²) in [6.45, 7) is 8.32. The molecule has 2 aromatic carbocycles. The maximum atomic E-state index is 12.6. The first-order valence-corrected chi connectivity index (χ1v) is 12.4. The number of benzene rings is 2. The van der Waals surface area contributed by atoms with Gasteiger partial charge in [-0.1, -0.05) is 43.1 Å². The van der Waals surface area contributed by atoms with Gasteiger partial charge in [0.05, 0.1) is 10.6 Å². The molecule has 0 bridgehead atoms. The van der Waals surface area contributed by atoms with Gasteiger partial charge in [0.15, 0.2) is 5.17 Å². The second kappa shape index (κ2) is 10.0. The number of carbonyl (C=O) groups excluding carboxylic acids is 1. The molecule has 1 aliphatic rings. The van der Waals surface area contributed by atoms with Crippen molar-refractivity contribution in [2.24, 2.45) is 4.99 Å². The maximum Gasteiger partial charge on any atom is 0.264 e. The number of amides is 1. The fraction of sp³-hybridized carbons (Fsp3) is 0.259. The Hall–Kier alpha value is -2.76. The summed E-state index contributed by atoms with van der Waals surface area (Å²) in [7, 11) is 0. The summed E-state index contributed by atoms with van der Waals surface area (Å²) in [4.78, 5) is 17.8. The minimum atomic E-state index is -0.136. The fourth-order valence-electron chi connectivity index (χ4n) is 3.97. The van der Waals surface area contributed by atoms with Crippen molar-refractivity contribution in [2.75, 3.05) is 0 Å². The average Bonchev–Trinajstić information content (AvgIpc) is 3.28. The van der Waals surface area contributed by atoms with Crippen LogP contribution in [0, 0.1) is 20.8 Å². The normalized spacial score (nSPS) is 16.1. The number of hydrogen-bond acceptors (Lipinski definition) is 3. The molecule has 0 spiro atoms. The highest BCUT2D eigenvalue weighted by Gasteiger charge is 2.25. The summed E-state index contributed by atoms with van der Waals surface area (Å²) in [5, 5.41) is 4.09. The van der Waals surface area contributed by atoms with E-state index in [1.807, 2.05) is 31.2 Å². The first-order chi connectivity index (χ1) is 15.9. The summed E-state index contributed by atoms with van der Waals surface area (Å²) in [6, 6.07) is 16.5. The third kappa shape index (κ3) is 5.10. The summed E-state index contributed by atoms with van der Waals surface area (Å²) >= 11 is 7.55. The Morgan fingerprint density at radius 3 is 2.61 bits per heavy atom. The Morgan fingerprint density at radius 1 is 1.12 bits per heavy atom. The van der Waals surface area contributed by atoms with E-state index >= 15 is 0 Å². The number of aryl methyl sites for hydroxylation is 2. The lowest BCUT2D eigenvalue weighted by Crippen LogP contribution is -2.19. The largest absolute Gasteiger partial charge is 0.318 e. The molecule has 170 valence electrons. The monoisotopic (exact) mass is 477 g/mol. The minimum absolute atomic E-state index is 0.136. The lowest BCUT2D eigenvalue weighted by Gasteiger charge is -2.11. The predicted molar refractivity (Wildman–Crippen MR) is 141 cm³/mol. The Kier molecular flexibility index (Phi) is 7.11. The minimum Gasteiger partial charge on any atom is -0.318 e. The second-order valence-electron chi connectivity index (χ2n) is 8.30. The van der Waals surface area contributed by atoms with Crippen molar-refractivity contribution >= 4 is 46.2 Å². The van der Waals surface area contributed by atoms with Crippen molar-refractivity contribution < 1.29 is 4.79 Å². The highest BCUT2D eigenvalue weighted by atomic mass is 35.5. The molecular weight excluding hydrogens is 450 g/mol. The van der Waals surface area contributed by atoms with Crippen LogP contribution in [0.4, 0.5) is 5.69 Å². The number of rotatable bonds is 6. The number of nitrogens with zero attached hydrogens (tertiary/aromatic N) is 2. The number of amidine groups is 1. The smallest absolute Gasteiger partial charge is 0.264 e. The molecule has 4 rings (SSSR count). The van der Waals surface area contributed by atoms with E-state index in [1.54, 1.807) is 0 Å². The highest BCUT2D eigenvalue weighted by molar-refractivity contribution is 8.18. The van der Waals surface area contributed by atoms with E-state index in [1.165, 1.54) is 30.2 Å². The van der Waals surface area contributed by atoms with E-state index < -0.39 is 0 Å². The Labute approximate surface area is 204 Å². The third-order valence-corrected chi connectivity index (χ3v) is 7.20. The standard InChI is InChI=1S/C27H28ClN3OS/c1-5-6-8-20-11-13-22(14-12-20)31-17(2)15-21(19(31)4)16-25-26(32)30-27(33-25)29-24-10-7-9-23(28)18(24)3/h7,9-16H,5-6,8H2,1-4H3,(H,29,30,32)/b25-16+. The summed E-state index contributed by atoms with van der Waals surface area (Å²) < 4.78 is 2.23. The molecular formula is C27H28ClN3OS. The van der Waals surface area contributed by atoms with Gasteiger partial charge in [0, 0.05) is 22.1 Å². The molecule has 6 heteroatoms. The number of aliphatic imine (C=N–C) groups is 1. The molecule has 33 heavy (non-hydrogen) atoms. The van der Waals surface area contributed by atoms with E-state index in [0.717, 1.165) is 40.3 Å². The zero-order chi connectivity index (χ0) is 23.5. The van der Waals surface area contributed by atoms with Gasteiger partial charge in [-0.3, -0.25) is 4.79 Å². The summed E-state index contributed by atoms with van der Waals surface area (Å²) in [5.41, 5.74) is 7.41. The van der Waals surface area contributed by atoms with Crippen molar-refractivity contribution in [1.29, 1.82) is 0 Å². The molecule has 0 radical (unpaired) electrons. The average molecular weight is 478 g/mol. The van der Waals surface area contributed by atoms with Crippen LogP contribution in [0.5, 0.6) is 0 Å². The number of hydrogen-bond donors (Lipinski definition) is 1. The van der Waals surface area contributed by atoms with Crippen LogP contribution in [-0.4, -0.2) is 15.6 Å². The van der Waals surface area contributed by atoms with E-state index in [9.17, 15) is 4.79 Å². The Balaban J connectivity index is 1.59. The molecule has 0 atom stereocenters. The second-order valence-corrected chi connectivity index (χ2v) is 9.74. The molecule has 1 amide bonds. The molecule has 0 unspecified atom stereocenters. The number of aromatic nitrogens is 1. The Bertz CT molecular complexity index is 1260. The highest BCUT2D eigenvalue weighted by Crippen LogP contribution is 2.32. The molecule has 1 fully saturated rings. The first-order valence-electron chi connectivity index (χ1n) is 11.2. The van der Waals surface area contributed by atoms with E-state index in [0.29, 0.717) is 15.1 Å². The van der Waals surface area contributed by atoms with Crippen molar-refractivity contribution in [3.8, 4) is 5.69 Å². The van der Waals surface area contributed by atoms with Crippen LogP contribution < -0.4 is 5.32 Å². The maximum absolute atomic E-state index is 12.6. The van der Waals surface area contributed by atoms with Crippen molar-refractivity contribution in [3.63, 3.8) is 0 Å².